The smallest absolute Gasteiger partial charge is 0.239 e. The Morgan fingerprint density at radius 3 is 2.03 bits per heavy atom. The second kappa shape index (κ2) is 13.2. The molecule has 2 unspecified atom stereocenters. The minimum Gasteiger partial charge on any atom is -0.357 e. The summed E-state index contributed by atoms with van der Waals surface area (Å²) in [7, 11) is 2.20. The van der Waals surface area contributed by atoms with Gasteiger partial charge in [0.15, 0.2) is 5.96 Å². The first kappa shape index (κ1) is 26.6. The molecule has 0 aromatic heterocycles. The molecule has 31 heavy (non-hydrogen) atoms. The normalized spacial score (nSPS) is 24.1. The molecule has 8 nitrogen and oxygen atoms in total. The molecule has 3 aliphatic rings. The van der Waals surface area contributed by atoms with Crippen LogP contribution in [0, 0.1) is 0 Å². The molecule has 3 aliphatic heterocycles. The number of nitrogens with zero attached hydrogens (tertiary/aromatic N) is 6. The summed E-state index contributed by atoms with van der Waals surface area (Å²) < 4.78 is 0. The van der Waals surface area contributed by atoms with E-state index in [0.717, 1.165) is 97.3 Å². The first-order valence-electron chi connectivity index (χ1n) is 12.0. The summed E-state index contributed by atoms with van der Waals surface area (Å²) in [5.41, 5.74) is 0. The van der Waals surface area contributed by atoms with Gasteiger partial charge in [-0.05, 0) is 40.7 Å². The quantitative estimate of drug-likeness (QED) is 0.301. The van der Waals surface area contributed by atoms with Crippen LogP contribution in [-0.4, -0.2) is 134 Å². The lowest BCUT2D eigenvalue weighted by atomic mass is 10.2. The molecule has 0 aromatic rings. The molecule has 3 rings (SSSR count). The molecule has 0 spiro atoms. The van der Waals surface area contributed by atoms with Crippen LogP contribution in [0.1, 0.15) is 33.6 Å². The molecule has 1 amide bonds. The van der Waals surface area contributed by atoms with E-state index in [9.17, 15) is 4.79 Å². The fourth-order valence-electron chi connectivity index (χ4n) is 4.70. The minimum absolute atomic E-state index is 0. The van der Waals surface area contributed by atoms with Crippen molar-refractivity contribution in [2.24, 2.45) is 4.99 Å². The molecule has 0 aromatic carbocycles. The van der Waals surface area contributed by atoms with Gasteiger partial charge < -0.3 is 20.0 Å². The number of hydrogen-bond donors (Lipinski definition) is 1. The van der Waals surface area contributed by atoms with E-state index in [1.54, 1.807) is 0 Å². The van der Waals surface area contributed by atoms with Crippen molar-refractivity contribution in [1.29, 1.82) is 0 Å². The van der Waals surface area contributed by atoms with Crippen LogP contribution in [0.4, 0.5) is 0 Å². The van der Waals surface area contributed by atoms with E-state index in [1.165, 1.54) is 0 Å². The minimum atomic E-state index is -0.0120. The van der Waals surface area contributed by atoms with Crippen molar-refractivity contribution in [2.75, 3.05) is 85.6 Å². The van der Waals surface area contributed by atoms with Gasteiger partial charge in [0.1, 0.15) is 0 Å². The largest absolute Gasteiger partial charge is 0.357 e. The number of likely N-dealkylation sites (tertiary alicyclic amines) is 1. The molecule has 3 heterocycles. The lowest BCUT2D eigenvalue weighted by molar-refractivity contribution is -0.135. The van der Waals surface area contributed by atoms with Gasteiger partial charge in [-0.3, -0.25) is 19.6 Å². The molecule has 2 atom stereocenters. The average Bonchev–Trinajstić information content (AvgIpc) is 3.31. The van der Waals surface area contributed by atoms with Crippen LogP contribution in [0.15, 0.2) is 4.99 Å². The maximum Gasteiger partial charge on any atom is 0.239 e. The highest BCUT2D eigenvalue weighted by Gasteiger charge is 2.30. The Hall–Kier alpha value is -0.650. The zero-order valence-electron chi connectivity index (χ0n) is 20.1. The summed E-state index contributed by atoms with van der Waals surface area (Å²) in [6, 6.07) is 0.453. The lowest BCUT2D eigenvalue weighted by Crippen LogP contribution is -2.57. The van der Waals surface area contributed by atoms with Gasteiger partial charge in [-0.1, -0.05) is 0 Å². The van der Waals surface area contributed by atoms with Gasteiger partial charge in [0.05, 0.1) is 12.6 Å². The Morgan fingerprint density at radius 2 is 1.45 bits per heavy atom. The van der Waals surface area contributed by atoms with Crippen LogP contribution < -0.4 is 5.32 Å². The topological polar surface area (TPSA) is 57.7 Å². The Kier molecular flexibility index (Phi) is 11.3. The van der Waals surface area contributed by atoms with Gasteiger partial charge >= 0.3 is 0 Å². The van der Waals surface area contributed by atoms with Gasteiger partial charge in [-0.15, -0.1) is 24.0 Å². The zero-order valence-corrected chi connectivity index (χ0v) is 22.4. The van der Waals surface area contributed by atoms with Crippen molar-refractivity contribution >= 4 is 35.8 Å². The third kappa shape index (κ3) is 7.43. The summed E-state index contributed by atoms with van der Waals surface area (Å²) in [4.78, 5) is 29.4. The molecule has 9 heteroatoms. The number of amides is 1. The Balaban J connectivity index is 0.00000341. The predicted octanol–water partition coefficient (Wildman–Crippen LogP) is 0.834. The van der Waals surface area contributed by atoms with Crippen LogP contribution in [0.5, 0.6) is 0 Å². The number of carbonyl (C=O) groups is 1. The second-order valence-corrected chi connectivity index (χ2v) is 9.11. The van der Waals surface area contributed by atoms with E-state index in [-0.39, 0.29) is 30.0 Å². The number of rotatable bonds is 6. The molecular weight excluding hydrogens is 505 g/mol. The Morgan fingerprint density at radius 1 is 0.871 bits per heavy atom. The van der Waals surface area contributed by atoms with Gasteiger partial charge in [-0.25, -0.2) is 0 Å². The third-order valence-corrected chi connectivity index (χ3v) is 6.94. The number of guanidine groups is 1. The van der Waals surface area contributed by atoms with E-state index < -0.39 is 0 Å². The van der Waals surface area contributed by atoms with Crippen LogP contribution in [-0.2, 0) is 4.79 Å². The number of piperazine rings is 2. The van der Waals surface area contributed by atoms with Gasteiger partial charge in [0.25, 0.3) is 0 Å². The SMILES string of the molecule is CCNC(=NCC(C)N1CCN(C)CC1)N1CCN(C(C)C(=O)N2CCCC2)CC1.I. The fraction of sp³-hybridized carbons (Fsp3) is 0.909. The number of nitrogens with one attached hydrogen (secondary N) is 1. The molecule has 0 radical (unpaired) electrons. The standard InChI is InChI=1S/C22H43N7O.HI/c1-5-23-22(24-18-19(2)26-12-10-25(4)11-13-26)29-16-14-27(15-17-29)20(3)21(30)28-8-6-7-9-28;/h19-20H,5-18H2,1-4H3,(H,23,24);1H. The first-order valence-corrected chi connectivity index (χ1v) is 12.0. The van der Waals surface area contributed by atoms with Crippen molar-refractivity contribution in [1.82, 2.24) is 29.8 Å². The molecule has 1 N–H and O–H groups in total. The molecule has 180 valence electrons. The van der Waals surface area contributed by atoms with Crippen LogP contribution in [0.25, 0.3) is 0 Å². The summed E-state index contributed by atoms with van der Waals surface area (Å²) >= 11 is 0. The molecule has 3 saturated heterocycles. The molecule has 0 aliphatic carbocycles. The van der Waals surface area contributed by atoms with Crippen molar-refractivity contribution in [3.63, 3.8) is 0 Å². The first-order chi connectivity index (χ1) is 14.5. The van der Waals surface area contributed by atoms with E-state index >= 15 is 0 Å². The fourth-order valence-corrected chi connectivity index (χ4v) is 4.70. The number of aliphatic imine (C=N–C) groups is 1. The Labute approximate surface area is 206 Å². The highest BCUT2D eigenvalue weighted by atomic mass is 127. The highest BCUT2D eigenvalue weighted by molar-refractivity contribution is 14.0. The molecule has 0 bridgehead atoms. The van der Waals surface area contributed by atoms with Gasteiger partial charge in [0.2, 0.25) is 5.91 Å². The Bertz CT molecular complexity index is 568. The summed E-state index contributed by atoms with van der Waals surface area (Å²) in [5.74, 6) is 1.33. The van der Waals surface area contributed by atoms with Crippen LogP contribution in [0.2, 0.25) is 0 Å². The van der Waals surface area contributed by atoms with E-state index in [4.69, 9.17) is 4.99 Å². The monoisotopic (exact) mass is 549 g/mol. The zero-order chi connectivity index (χ0) is 21.5. The number of carbonyl (C=O) groups excluding carboxylic acids is 1. The summed E-state index contributed by atoms with van der Waals surface area (Å²) in [6.07, 6.45) is 2.31. The average molecular weight is 550 g/mol. The maximum atomic E-state index is 12.7. The van der Waals surface area contributed by atoms with Crippen LogP contribution >= 0.6 is 24.0 Å². The van der Waals surface area contributed by atoms with E-state index in [0.29, 0.717) is 11.9 Å². The van der Waals surface area contributed by atoms with Gasteiger partial charge in [0, 0.05) is 78.0 Å². The second-order valence-electron chi connectivity index (χ2n) is 9.11. The molecule has 0 saturated carbocycles. The number of hydrogen-bond acceptors (Lipinski definition) is 5. The number of likely N-dealkylation sites (N-methyl/N-ethyl adjacent to an activating group) is 1. The van der Waals surface area contributed by atoms with Crippen LogP contribution in [0.3, 0.4) is 0 Å². The van der Waals surface area contributed by atoms with E-state index in [1.807, 2.05) is 4.90 Å². The van der Waals surface area contributed by atoms with Crippen molar-refractivity contribution in [2.45, 2.75) is 45.7 Å². The van der Waals surface area contributed by atoms with Gasteiger partial charge in [-0.2, -0.15) is 0 Å². The molecular formula is C22H44IN7O. The van der Waals surface area contributed by atoms with E-state index in [2.05, 4.69) is 52.7 Å². The van der Waals surface area contributed by atoms with Crippen molar-refractivity contribution in [3.05, 3.63) is 0 Å². The maximum absolute atomic E-state index is 12.7. The molecule has 3 fully saturated rings. The van der Waals surface area contributed by atoms with Crippen molar-refractivity contribution < 1.29 is 4.79 Å². The highest BCUT2D eigenvalue weighted by Crippen LogP contribution is 2.14. The lowest BCUT2D eigenvalue weighted by Gasteiger charge is -2.40. The predicted molar refractivity (Wildman–Crippen MR) is 138 cm³/mol. The number of halogens is 1. The third-order valence-electron chi connectivity index (χ3n) is 6.94. The summed E-state index contributed by atoms with van der Waals surface area (Å²) in [6.45, 7) is 18.3. The summed E-state index contributed by atoms with van der Waals surface area (Å²) in [5, 5.41) is 3.48. The van der Waals surface area contributed by atoms with Crippen molar-refractivity contribution in [3.8, 4) is 0 Å².